The van der Waals surface area contributed by atoms with Crippen LogP contribution < -0.4 is 10.9 Å². The summed E-state index contributed by atoms with van der Waals surface area (Å²) in [5, 5.41) is 3.42. The minimum Gasteiger partial charge on any atom is -0.311 e. The Morgan fingerprint density at radius 2 is 2.16 bits per heavy atom. The van der Waals surface area contributed by atoms with Crippen LogP contribution in [0, 0.1) is 5.92 Å². The van der Waals surface area contributed by atoms with E-state index in [0.29, 0.717) is 12.2 Å². The minimum absolute atomic E-state index is 0.0109. The number of nitrogens with zero attached hydrogens (tertiary/aromatic N) is 2. The summed E-state index contributed by atoms with van der Waals surface area (Å²) < 4.78 is 1.57. The normalized spacial score (nSPS) is 16.2. The van der Waals surface area contributed by atoms with Crippen molar-refractivity contribution in [2.45, 2.75) is 32.2 Å². The molecule has 1 N–H and O–H groups in total. The fraction of sp³-hybridized carbons (Fsp3) is 0.467. The van der Waals surface area contributed by atoms with Gasteiger partial charge in [-0.2, -0.15) is 0 Å². The number of pyridine rings is 1. The molecule has 1 saturated carbocycles. The standard InChI is InChI=1S/C15H19N3O/c19-15-9-13(11-16-10-12-5-1-2-6-12)17-14-7-3-4-8-18(14)15/h3-4,7-9,12,16H,1-2,5-6,10-11H2. The third-order valence-electron chi connectivity index (χ3n) is 3.84. The largest absolute Gasteiger partial charge is 0.311 e. The Labute approximate surface area is 112 Å². The molecule has 0 atom stereocenters. The van der Waals surface area contributed by atoms with E-state index in [1.807, 2.05) is 18.2 Å². The van der Waals surface area contributed by atoms with Gasteiger partial charge in [-0.25, -0.2) is 4.98 Å². The number of hydrogen-bond donors (Lipinski definition) is 1. The highest BCUT2D eigenvalue weighted by Crippen LogP contribution is 2.23. The van der Waals surface area contributed by atoms with E-state index in [9.17, 15) is 4.79 Å². The number of aromatic nitrogens is 2. The molecule has 2 heterocycles. The summed E-state index contributed by atoms with van der Waals surface area (Å²) in [6, 6.07) is 7.22. The lowest BCUT2D eigenvalue weighted by molar-refractivity contribution is 0.487. The van der Waals surface area contributed by atoms with Crippen molar-refractivity contribution in [3.8, 4) is 0 Å². The van der Waals surface area contributed by atoms with E-state index in [2.05, 4.69) is 10.3 Å². The average molecular weight is 257 g/mol. The molecule has 0 aliphatic heterocycles. The molecular formula is C15H19N3O. The SMILES string of the molecule is O=c1cc(CNCC2CCCC2)nc2ccccn12. The number of nitrogens with one attached hydrogen (secondary N) is 1. The van der Waals surface area contributed by atoms with Crippen LogP contribution in [0.3, 0.4) is 0 Å². The molecule has 19 heavy (non-hydrogen) atoms. The summed E-state index contributed by atoms with van der Waals surface area (Å²) >= 11 is 0. The smallest absolute Gasteiger partial charge is 0.258 e. The van der Waals surface area contributed by atoms with Crippen molar-refractivity contribution in [2.24, 2.45) is 5.92 Å². The molecule has 0 bridgehead atoms. The Kier molecular flexibility index (Phi) is 3.60. The highest BCUT2D eigenvalue weighted by Gasteiger charge is 2.14. The zero-order chi connectivity index (χ0) is 13.1. The van der Waals surface area contributed by atoms with E-state index in [1.165, 1.54) is 25.7 Å². The zero-order valence-electron chi connectivity index (χ0n) is 11.0. The first kappa shape index (κ1) is 12.4. The van der Waals surface area contributed by atoms with Crippen LogP contribution in [0.5, 0.6) is 0 Å². The van der Waals surface area contributed by atoms with E-state index < -0.39 is 0 Å². The van der Waals surface area contributed by atoms with Gasteiger partial charge in [-0.05, 0) is 37.4 Å². The monoisotopic (exact) mass is 257 g/mol. The third kappa shape index (κ3) is 2.84. The molecule has 0 aromatic carbocycles. The number of hydrogen-bond acceptors (Lipinski definition) is 3. The predicted octanol–water partition coefficient (Wildman–Crippen LogP) is 1.97. The summed E-state index contributed by atoms with van der Waals surface area (Å²) in [6.45, 7) is 1.72. The molecule has 0 unspecified atom stereocenters. The molecule has 0 radical (unpaired) electrons. The third-order valence-corrected chi connectivity index (χ3v) is 3.84. The van der Waals surface area contributed by atoms with E-state index in [0.717, 1.165) is 18.2 Å². The topological polar surface area (TPSA) is 46.4 Å². The van der Waals surface area contributed by atoms with Gasteiger partial charge >= 0.3 is 0 Å². The second-order valence-corrected chi connectivity index (χ2v) is 5.30. The fourth-order valence-corrected chi connectivity index (χ4v) is 2.81. The van der Waals surface area contributed by atoms with E-state index in [-0.39, 0.29) is 5.56 Å². The molecule has 4 heteroatoms. The molecule has 2 aromatic heterocycles. The summed E-state index contributed by atoms with van der Waals surface area (Å²) in [6.07, 6.45) is 7.14. The summed E-state index contributed by atoms with van der Waals surface area (Å²) in [4.78, 5) is 16.4. The molecule has 0 amide bonds. The van der Waals surface area contributed by atoms with Gasteiger partial charge in [-0.3, -0.25) is 9.20 Å². The van der Waals surface area contributed by atoms with Crippen molar-refractivity contribution in [1.29, 1.82) is 0 Å². The first-order chi connectivity index (χ1) is 9.33. The average Bonchev–Trinajstić information content (AvgIpc) is 2.92. The fourth-order valence-electron chi connectivity index (χ4n) is 2.81. The van der Waals surface area contributed by atoms with Crippen LogP contribution in [-0.4, -0.2) is 15.9 Å². The molecular weight excluding hydrogens is 238 g/mol. The lowest BCUT2D eigenvalue weighted by Crippen LogP contribution is -2.23. The second kappa shape index (κ2) is 5.53. The van der Waals surface area contributed by atoms with Crippen molar-refractivity contribution in [3.63, 3.8) is 0 Å². The Bertz CT molecular complexity index is 614. The van der Waals surface area contributed by atoms with Gasteiger partial charge in [0.25, 0.3) is 5.56 Å². The second-order valence-electron chi connectivity index (χ2n) is 5.30. The van der Waals surface area contributed by atoms with Gasteiger partial charge in [0.2, 0.25) is 0 Å². The molecule has 1 fully saturated rings. The molecule has 4 nitrogen and oxygen atoms in total. The molecule has 0 spiro atoms. The van der Waals surface area contributed by atoms with E-state index >= 15 is 0 Å². The first-order valence-corrected chi connectivity index (χ1v) is 7.01. The van der Waals surface area contributed by atoms with Crippen molar-refractivity contribution >= 4 is 5.65 Å². The van der Waals surface area contributed by atoms with Gasteiger partial charge in [-0.15, -0.1) is 0 Å². The quantitative estimate of drug-likeness (QED) is 0.911. The molecule has 1 aliphatic carbocycles. The predicted molar refractivity (Wildman–Crippen MR) is 75.1 cm³/mol. The molecule has 2 aromatic rings. The van der Waals surface area contributed by atoms with Gasteiger partial charge in [-0.1, -0.05) is 18.9 Å². The van der Waals surface area contributed by atoms with E-state index in [4.69, 9.17) is 0 Å². The summed E-state index contributed by atoms with van der Waals surface area (Å²) in [5.41, 5.74) is 1.53. The Balaban J connectivity index is 1.69. The Morgan fingerprint density at radius 1 is 1.32 bits per heavy atom. The molecule has 1 aliphatic rings. The van der Waals surface area contributed by atoms with Crippen LogP contribution in [0.4, 0.5) is 0 Å². The van der Waals surface area contributed by atoms with E-state index in [1.54, 1.807) is 16.7 Å². The van der Waals surface area contributed by atoms with Crippen molar-refractivity contribution in [3.05, 3.63) is 46.5 Å². The van der Waals surface area contributed by atoms with Crippen LogP contribution in [0.1, 0.15) is 31.4 Å². The number of fused-ring (bicyclic) bond motifs is 1. The summed E-state index contributed by atoms with van der Waals surface area (Å²) in [7, 11) is 0. The van der Waals surface area contributed by atoms with Crippen LogP contribution in [0.25, 0.3) is 5.65 Å². The Morgan fingerprint density at radius 3 is 3.00 bits per heavy atom. The van der Waals surface area contributed by atoms with Crippen molar-refractivity contribution < 1.29 is 0 Å². The lowest BCUT2D eigenvalue weighted by Gasteiger charge is -2.10. The molecule has 100 valence electrons. The lowest BCUT2D eigenvalue weighted by atomic mass is 10.1. The van der Waals surface area contributed by atoms with Gasteiger partial charge < -0.3 is 5.32 Å². The maximum absolute atomic E-state index is 11.9. The van der Waals surface area contributed by atoms with Crippen LogP contribution >= 0.6 is 0 Å². The van der Waals surface area contributed by atoms with Crippen molar-refractivity contribution in [1.82, 2.24) is 14.7 Å². The molecule has 0 saturated heterocycles. The highest BCUT2D eigenvalue weighted by atomic mass is 16.1. The van der Waals surface area contributed by atoms with Crippen LogP contribution in [0.2, 0.25) is 0 Å². The highest BCUT2D eigenvalue weighted by molar-refractivity contribution is 5.37. The number of rotatable bonds is 4. The maximum Gasteiger partial charge on any atom is 0.258 e. The van der Waals surface area contributed by atoms with Crippen LogP contribution in [0.15, 0.2) is 35.3 Å². The zero-order valence-corrected chi connectivity index (χ0v) is 11.0. The molecule has 3 rings (SSSR count). The van der Waals surface area contributed by atoms with Gasteiger partial charge in [0.1, 0.15) is 5.65 Å². The van der Waals surface area contributed by atoms with Crippen LogP contribution in [-0.2, 0) is 6.54 Å². The first-order valence-electron chi connectivity index (χ1n) is 7.01. The summed E-state index contributed by atoms with van der Waals surface area (Å²) in [5.74, 6) is 0.807. The van der Waals surface area contributed by atoms with Gasteiger partial charge in [0, 0.05) is 18.8 Å². The maximum atomic E-state index is 11.9. The minimum atomic E-state index is -0.0109. The Hall–Kier alpha value is -1.68. The van der Waals surface area contributed by atoms with Gasteiger partial charge in [0.05, 0.1) is 5.69 Å². The van der Waals surface area contributed by atoms with Gasteiger partial charge in [0.15, 0.2) is 0 Å². The van der Waals surface area contributed by atoms with Crippen molar-refractivity contribution in [2.75, 3.05) is 6.54 Å².